The molecule has 84 valence electrons. The van der Waals surface area contributed by atoms with Crippen LogP contribution in [0.25, 0.3) is 0 Å². The average molecular weight is 330 g/mol. The average Bonchev–Trinajstić information content (AvgIpc) is 2.19. The third kappa shape index (κ3) is 2.23. The summed E-state index contributed by atoms with van der Waals surface area (Å²) in [5, 5.41) is 0. The van der Waals surface area contributed by atoms with Crippen LogP contribution in [0.3, 0.4) is 0 Å². The lowest BCUT2D eigenvalue weighted by Gasteiger charge is -2.27. The SMILES string of the molecule is CC1CC(=O)N(c2ccc(I)cn2)C(=O)C1. The summed E-state index contributed by atoms with van der Waals surface area (Å²) in [6.45, 7) is 1.91. The number of carbonyl (C=O) groups excluding carboxylic acids is 2. The van der Waals surface area contributed by atoms with Crippen molar-refractivity contribution >= 4 is 40.2 Å². The molecule has 0 N–H and O–H groups in total. The van der Waals surface area contributed by atoms with Crippen LogP contribution in [0.4, 0.5) is 5.82 Å². The Balaban J connectivity index is 2.29. The fourth-order valence-electron chi connectivity index (χ4n) is 1.75. The van der Waals surface area contributed by atoms with Crippen molar-refractivity contribution in [2.45, 2.75) is 19.8 Å². The second-order valence-electron chi connectivity index (χ2n) is 3.97. The molecule has 0 aliphatic carbocycles. The van der Waals surface area contributed by atoms with Gasteiger partial charge in [0.15, 0.2) is 0 Å². The maximum Gasteiger partial charge on any atom is 0.235 e. The minimum Gasteiger partial charge on any atom is -0.274 e. The van der Waals surface area contributed by atoms with E-state index in [1.165, 1.54) is 4.90 Å². The number of aromatic nitrogens is 1. The Morgan fingerprint density at radius 3 is 2.44 bits per heavy atom. The maximum absolute atomic E-state index is 11.8. The third-order valence-corrected chi connectivity index (χ3v) is 3.12. The van der Waals surface area contributed by atoms with Gasteiger partial charge in [0.25, 0.3) is 0 Å². The second kappa shape index (κ2) is 4.48. The van der Waals surface area contributed by atoms with Gasteiger partial charge in [-0.25, -0.2) is 9.88 Å². The molecule has 5 heteroatoms. The van der Waals surface area contributed by atoms with E-state index < -0.39 is 0 Å². The van der Waals surface area contributed by atoms with Crippen LogP contribution in [0.15, 0.2) is 18.3 Å². The number of amides is 2. The van der Waals surface area contributed by atoms with Gasteiger partial charge in [-0.1, -0.05) is 6.92 Å². The molecule has 0 radical (unpaired) electrons. The molecule has 2 heterocycles. The number of pyridine rings is 1. The van der Waals surface area contributed by atoms with E-state index in [1.807, 2.05) is 13.0 Å². The topological polar surface area (TPSA) is 50.3 Å². The quantitative estimate of drug-likeness (QED) is 0.584. The number of carbonyl (C=O) groups is 2. The minimum absolute atomic E-state index is 0.139. The maximum atomic E-state index is 11.8. The number of halogens is 1. The smallest absolute Gasteiger partial charge is 0.235 e. The Bertz CT molecular complexity index is 412. The van der Waals surface area contributed by atoms with Crippen molar-refractivity contribution in [3.63, 3.8) is 0 Å². The molecular weight excluding hydrogens is 319 g/mol. The van der Waals surface area contributed by atoms with Gasteiger partial charge < -0.3 is 0 Å². The van der Waals surface area contributed by atoms with E-state index in [4.69, 9.17) is 0 Å². The summed E-state index contributed by atoms with van der Waals surface area (Å²) in [6, 6.07) is 3.54. The van der Waals surface area contributed by atoms with Gasteiger partial charge in [0, 0.05) is 22.6 Å². The van der Waals surface area contributed by atoms with Crippen molar-refractivity contribution in [1.82, 2.24) is 4.98 Å². The molecule has 1 aliphatic rings. The molecule has 1 fully saturated rings. The Hall–Kier alpha value is -0.980. The molecule has 4 nitrogen and oxygen atoms in total. The molecule has 1 aliphatic heterocycles. The van der Waals surface area contributed by atoms with Gasteiger partial charge >= 0.3 is 0 Å². The predicted molar refractivity (Wildman–Crippen MR) is 67.8 cm³/mol. The highest BCUT2D eigenvalue weighted by atomic mass is 127. The molecule has 0 aromatic carbocycles. The summed E-state index contributed by atoms with van der Waals surface area (Å²) in [6.07, 6.45) is 2.48. The van der Waals surface area contributed by atoms with Gasteiger partial charge in [-0.3, -0.25) is 9.59 Å². The first-order valence-electron chi connectivity index (χ1n) is 5.05. The van der Waals surface area contributed by atoms with Gasteiger partial charge in [0.1, 0.15) is 5.82 Å². The monoisotopic (exact) mass is 330 g/mol. The Labute approximate surface area is 107 Å². The van der Waals surface area contributed by atoms with E-state index in [9.17, 15) is 9.59 Å². The van der Waals surface area contributed by atoms with Crippen LogP contribution in [-0.2, 0) is 9.59 Å². The number of imide groups is 1. The van der Waals surface area contributed by atoms with Gasteiger partial charge in [-0.05, 0) is 40.6 Å². The number of hydrogen-bond acceptors (Lipinski definition) is 3. The number of hydrogen-bond donors (Lipinski definition) is 0. The van der Waals surface area contributed by atoms with E-state index in [-0.39, 0.29) is 17.7 Å². The molecule has 1 saturated heterocycles. The molecule has 1 aromatic heterocycles. The van der Waals surface area contributed by atoms with Crippen LogP contribution in [-0.4, -0.2) is 16.8 Å². The van der Waals surface area contributed by atoms with Gasteiger partial charge in [0.2, 0.25) is 11.8 Å². The first-order chi connectivity index (χ1) is 7.58. The Morgan fingerprint density at radius 1 is 1.31 bits per heavy atom. The lowest BCUT2D eigenvalue weighted by atomic mass is 9.98. The molecule has 0 unspecified atom stereocenters. The summed E-state index contributed by atoms with van der Waals surface area (Å²) in [7, 11) is 0. The van der Waals surface area contributed by atoms with Gasteiger partial charge in [-0.2, -0.15) is 0 Å². The summed E-state index contributed by atoms with van der Waals surface area (Å²) in [5.41, 5.74) is 0. The number of nitrogens with zero attached hydrogens (tertiary/aromatic N) is 2. The standard InChI is InChI=1S/C11H11IN2O2/c1-7-4-10(15)14(11(16)5-7)9-3-2-8(12)6-13-9/h2-3,6-7H,4-5H2,1H3. The van der Waals surface area contributed by atoms with Crippen LogP contribution < -0.4 is 4.90 Å². The molecular formula is C11H11IN2O2. The largest absolute Gasteiger partial charge is 0.274 e. The zero-order valence-corrected chi connectivity index (χ0v) is 11.0. The van der Waals surface area contributed by atoms with Gasteiger partial charge in [0.05, 0.1) is 0 Å². The van der Waals surface area contributed by atoms with E-state index in [0.29, 0.717) is 18.7 Å². The lowest BCUT2D eigenvalue weighted by Crippen LogP contribution is -2.43. The van der Waals surface area contributed by atoms with Crippen molar-refractivity contribution in [3.8, 4) is 0 Å². The molecule has 0 saturated carbocycles. The normalized spacial score (nSPS) is 18.0. The van der Waals surface area contributed by atoms with Crippen LogP contribution in [0.1, 0.15) is 19.8 Å². The summed E-state index contributed by atoms with van der Waals surface area (Å²) < 4.78 is 0.978. The summed E-state index contributed by atoms with van der Waals surface area (Å²) in [5.74, 6) is 0.261. The van der Waals surface area contributed by atoms with Crippen molar-refractivity contribution in [2.24, 2.45) is 5.92 Å². The zero-order valence-electron chi connectivity index (χ0n) is 8.81. The van der Waals surface area contributed by atoms with Gasteiger partial charge in [-0.15, -0.1) is 0 Å². The first kappa shape index (κ1) is 11.5. The molecule has 0 spiro atoms. The molecule has 2 rings (SSSR count). The fourth-order valence-corrected chi connectivity index (χ4v) is 2.06. The molecule has 16 heavy (non-hydrogen) atoms. The fraction of sp³-hybridized carbons (Fsp3) is 0.364. The van der Waals surface area contributed by atoms with Crippen molar-refractivity contribution in [2.75, 3.05) is 4.90 Å². The Morgan fingerprint density at radius 2 is 1.94 bits per heavy atom. The van der Waals surface area contributed by atoms with Crippen LogP contribution >= 0.6 is 22.6 Å². The van der Waals surface area contributed by atoms with Crippen molar-refractivity contribution in [3.05, 3.63) is 21.9 Å². The summed E-state index contributed by atoms with van der Waals surface area (Å²) in [4.78, 5) is 28.8. The van der Waals surface area contributed by atoms with Crippen LogP contribution in [0.5, 0.6) is 0 Å². The zero-order chi connectivity index (χ0) is 11.7. The highest BCUT2D eigenvalue weighted by molar-refractivity contribution is 14.1. The van der Waals surface area contributed by atoms with Crippen molar-refractivity contribution in [1.29, 1.82) is 0 Å². The molecule has 0 atom stereocenters. The Kier molecular flexibility index (Phi) is 3.22. The van der Waals surface area contributed by atoms with Crippen LogP contribution in [0, 0.1) is 9.49 Å². The predicted octanol–water partition coefficient (Wildman–Crippen LogP) is 1.98. The summed E-state index contributed by atoms with van der Waals surface area (Å²) >= 11 is 2.13. The molecule has 2 amide bonds. The van der Waals surface area contributed by atoms with E-state index in [2.05, 4.69) is 27.6 Å². The van der Waals surface area contributed by atoms with Crippen molar-refractivity contribution < 1.29 is 9.59 Å². The lowest BCUT2D eigenvalue weighted by molar-refractivity contribution is -0.130. The first-order valence-corrected chi connectivity index (χ1v) is 6.13. The molecule has 1 aromatic rings. The number of anilines is 1. The van der Waals surface area contributed by atoms with E-state index in [0.717, 1.165) is 3.57 Å². The van der Waals surface area contributed by atoms with E-state index in [1.54, 1.807) is 12.3 Å². The number of rotatable bonds is 1. The third-order valence-electron chi connectivity index (χ3n) is 2.49. The minimum atomic E-state index is -0.155. The highest BCUT2D eigenvalue weighted by Crippen LogP contribution is 2.23. The molecule has 0 bridgehead atoms. The number of piperidine rings is 1. The highest BCUT2D eigenvalue weighted by Gasteiger charge is 2.32. The van der Waals surface area contributed by atoms with Crippen LogP contribution in [0.2, 0.25) is 0 Å². The second-order valence-corrected chi connectivity index (χ2v) is 5.22. The van der Waals surface area contributed by atoms with E-state index >= 15 is 0 Å².